The number of carbonyl (C=O) groups excluding carboxylic acids is 1. The molecule has 7 heteroatoms. The molecule has 1 atom stereocenters. The van der Waals surface area contributed by atoms with E-state index in [0.717, 1.165) is 32.4 Å². The normalized spacial score (nSPS) is 29.7. The zero-order valence-electron chi connectivity index (χ0n) is 11.0. The van der Waals surface area contributed by atoms with E-state index in [0.29, 0.717) is 26.1 Å². The number of hydrogen-bond donors (Lipinski definition) is 1. The molecule has 0 radical (unpaired) electrons. The van der Waals surface area contributed by atoms with Crippen molar-refractivity contribution in [3.8, 4) is 0 Å². The quantitative estimate of drug-likeness (QED) is 0.751. The average Bonchev–Trinajstić information content (AvgIpc) is 3.17. The van der Waals surface area contributed by atoms with Gasteiger partial charge < -0.3 is 10.2 Å². The van der Waals surface area contributed by atoms with Gasteiger partial charge in [0.1, 0.15) is 6.04 Å². The lowest BCUT2D eigenvalue weighted by Gasteiger charge is -2.32. The Balaban J connectivity index is 1.73. The summed E-state index contributed by atoms with van der Waals surface area (Å²) in [7, 11) is -3.23. The first-order valence-corrected chi connectivity index (χ1v) is 8.61. The molecule has 0 bridgehead atoms. The highest BCUT2D eigenvalue weighted by Gasteiger charge is 2.47. The van der Waals surface area contributed by atoms with Crippen LogP contribution in [0, 0.1) is 0 Å². The van der Waals surface area contributed by atoms with Crippen LogP contribution < -0.4 is 5.32 Å². The molecule has 0 spiro atoms. The number of sulfonamides is 1. The SMILES string of the molecule is O=C(C1CCCN1S(=O)(=O)C1CC1)N1CCNCC1. The molecule has 1 saturated carbocycles. The first kappa shape index (κ1) is 13.3. The summed E-state index contributed by atoms with van der Waals surface area (Å²) >= 11 is 0. The highest BCUT2D eigenvalue weighted by Crippen LogP contribution is 2.35. The van der Waals surface area contributed by atoms with Gasteiger partial charge in [0, 0.05) is 32.7 Å². The van der Waals surface area contributed by atoms with Gasteiger partial charge in [0.05, 0.1) is 5.25 Å². The smallest absolute Gasteiger partial charge is 0.241 e. The van der Waals surface area contributed by atoms with Gasteiger partial charge in [0.15, 0.2) is 0 Å². The minimum Gasteiger partial charge on any atom is -0.339 e. The lowest BCUT2D eigenvalue weighted by Crippen LogP contribution is -2.53. The van der Waals surface area contributed by atoms with Gasteiger partial charge >= 0.3 is 0 Å². The molecule has 3 aliphatic rings. The van der Waals surface area contributed by atoms with Crippen molar-refractivity contribution in [1.82, 2.24) is 14.5 Å². The fraction of sp³-hybridized carbons (Fsp3) is 0.917. The van der Waals surface area contributed by atoms with Gasteiger partial charge in [-0.15, -0.1) is 0 Å². The Morgan fingerprint density at radius 3 is 2.37 bits per heavy atom. The largest absolute Gasteiger partial charge is 0.339 e. The Hall–Kier alpha value is -0.660. The molecule has 1 amide bonds. The molecule has 1 N–H and O–H groups in total. The molecular weight excluding hydrogens is 266 g/mol. The molecule has 0 aromatic rings. The van der Waals surface area contributed by atoms with Gasteiger partial charge in [0.25, 0.3) is 0 Å². The van der Waals surface area contributed by atoms with Gasteiger partial charge in [-0.1, -0.05) is 0 Å². The Bertz CT molecular complexity index is 455. The number of amides is 1. The number of nitrogens with zero attached hydrogens (tertiary/aromatic N) is 2. The summed E-state index contributed by atoms with van der Waals surface area (Å²) in [5.41, 5.74) is 0. The molecule has 1 aliphatic carbocycles. The van der Waals surface area contributed by atoms with Gasteiger partial charge in [-0.2, -0.15) is 4.31 Å². The summed E-state index contributed by atoms with van der Waals surface area (Å²) in [5, 5.41) is 2.99. The predicted octanol–water partition coefficient (Wildman–Crippen LogP) is -0.625. The standard InChI is InChI=1S/C12H21N3O3S/c16-12(14-8-5-13-6-9-14)11-2-1-7-15(11)19(17,18)10-3-4-10/h10-11,13H,1-9H2. The molecular formula is C12H21N3O3S. The minimum atomic E-state index is -3.23. The molecule has 2 saturated heterocycles. The van der Waals surface area contributed by atoms with Crippen molar-refractivity contribution in [1.29, 1.82) is 0 Å². The zero-order valence-corrected chi connectivity index (χ0v) is 11.9. The number of rotatable bonds is 3. The van der Waals surface area contributed by atoms with Crippen LogP contribution in [-0.4, -0.2) is 67.5 Å². The second-order valence-electron chi connectivity index (χ2n) is 5.59. The number of carbonyl (C=O) groups is 1. The van der Waals surface area contributed by atoms with Crippen LogP contribution in [-0.2, 0) is 14.8 Å². The third-order valence-electron chi connectivity index (χ3n) is 4.19. The molecule has 2 aliphatic heterocycles. The van der Waals surface area contributed by atoms with E-state index in [-0.39, 0.29) is 11.2 Å². The monoisotopic (exact) mass is 287 g/mol. The molecule has 0 aromatic carbocycles. The van der Waals surface area contributed by atoms with E-state index in [1.165, 1.54) is 4.31 Å². The van der Waals surface area contributed by atoms with E-state index < -0.39 is 16.1 Å². The number of piperazine rings is 1. The third-order valence-corrected chi connectivity index (χ3v) is 6.59. The summed E-state index contributed by atoms with van der Waals surface area (Å²) < 4.78 is 26.2. The van der Waals surface area contributed by atoms with Crippen LogP contribution in [0.5, 0.6) is 0 Å². The summed E-state index contributed by atoms with van der Waals surface area (Å²) in [6, 6.07) is -0.441. The highest BCUT2D eigenvalue weighted by atomic mass is 32.2. The third kappa shape index (κ3) is 2.51. The Labute approximate surface area is 114 Å². The molecule has 108 valence electrons. The van der Waals surface area contributed by atoms with Crippen LogP contribution in [0.25, 0.3) is 0 Å². The van der Waals surface area contributed by atoms with Gasteiger partial charge in [-0.05, 0) is 25.7 Å². The summed E-state index contributed by atoms with van der Waals surface area (Å²) in [5.74, 6) is 0.00299. The maximum absolute atomic E-state index is 12.5. The van der Waals surface area contributed by atoms with Crippen molar-refractivity contribution in [2.24, 2.45) is 0 Å². The summed E-state index contributed by atoms with van der Waals surface area (Å²) in [6.45, 7) is 3.49. The van der Waals surface area contributed by atoms with Gasteiger partial charge in [-0.25, -0.2) is 8.42 Å². The summed E-state index contributed by atoms with van der Waals surface area (Å²) in [4.78, 5) is 14.3. The predicted molar refractivity (Wildman–Crippen MR) is 71.1 cm³/mol. The molecule has 19 heavy (non-hydrogen) atoms. The number of hydrogen-bond acceptors (Lipinski definition) is 4. The maximum Gasteiger partial charge on any atom is 0.241 e. The molecule has 0 aromatic heterocycles. The molecule has 3 rings (SSSR count). The van der Waals surface area contributed by atoms with Crippen LogP contribution in [0.4, 0.5) is 0 Å². The second-order valence-corrected chi connectivity index (χ2v) is 7.75. The topological polar surface area (TPSA) is 69.7 Å². The van der Waals surface area contributed by atoms with Crippen LogP contribution in [0.1, 0.15) is 25.7 Å². The molecule has 6 nitrogen and oxygen atoms in total. The lowest BCUT2D eigenvalue weighted by atomic mass is 10.2. The van der Waals surface area contributed by atoms with Crippen molar-refractivity contribution >= 4 is 15.9 Å². The van der Waals surface area contributed by atoms with Crippen molar-refractivity contribution in [2.75, 3.05) is 32.7 Å². The van der Waals surface area contributed by atoms with E-state index in [2.05, 4.69) is 5.32 Å². The molecule has 3 fully saturated rings. The van der Waals surface area contributed by atoms with Gasteiger partial charge in [-0.3, -0.25) is 4.79 Å². The van der Waals surface area contributed by atoms with E-state index in [4.69, 9.17) is 0 Å². The Morgan fingerprint density at radius 1 is 1.05 bits per heavy atom. The Morgan fingerprint density at radius 2 is 1.74 bits per heavy atom. The van der Waals surface area contributed by atoms with Crippen LogP contribution in [0.2, 0.25) is 0 Å². The first-order chi connectivity index (χ1) is 9.10. The van der Waals surface area contributed by atoms with E-state index in [9.17, 15) is 13.2 Å². The maximum atomic E-state index is 12.5. The van der Waals surface area contributed by atoms with Crippen LogP contribution in [0.3, 0.4) is 0 Å². The minimum absolute atomic E-state index is 0.00299. The van der Waals surface area contributed by atoms with Crippen LogP contribution in [0.15, 0.2) is 0 Å². The molecule has 1 unspecified atom stereocenters. The zero-order chi connectivity index (χ0) is 13.5. The first-order valence-electron chi connectivity index (χ1n) is 7.11. The highest BCUT2D eigenvalue weighted by molar-refractivity contribution is 7.90. The second kappa shape index (κ2) is 5.03. The fourth-order valence-corrected chi connectivity index (χ4v) is 4.99. The lowest BCUT2D eigenvalue weighted by molar-refractivity contribution is -0.135. The van der Waals surface area contributed by atoms with E-state index in [1.54, 1.807) is 0 Å². The average molecular weight is 287 g/mol. The van der Waals surface area contributed by atoms with Crippen molar-refractivity contribution < 1.29 is 13.2 Å². The van der Waals surface area contributed by atoms with Crippen molar-refractivity contribution in [3.63, 3.8) is 0 Å². The van der Waals surface area contributed by atoms with E-state index in [1.807, 2.05) is 4.90 Å². The molecule has 2 heterocycles. The van der Waals surface area contributed by atoms with Gasteiger partial charge in [0.2, 0.25) is 15.9 Å². The fourth-order valence-electron chi connectivity index (χ4n) is 2.94. The number of nitrogens with one attached hydrogen (secondary N) is 1. The Kier molecular flexibility index (Phi) is 3.53. The van der Waals surface area contributed by atoms with Crippen molar-refractivity contribution in [3.05, 3.63) is 0 Å². The van der Waals surface area contributed by atoms with E-state index >= 15 is 0 Å². The van der Waals surface area contributed by atoms with Crippen molar-refractivity contribution in [2.45, 2.75) is 37.0 Å². The summed E-state index contributed by atoms with van der Waals surface area (Å²) in [6.07, 6.45) is 2.99. The van der Waals surface area contributed by atoms with Crippen LogP contribution >= 0.6 is 0 Å².